The topological polar surface area (TPSA) is 26.3 Å². The molecule has 0 bridgehead atoms. The number of rotatable bonds is 16. The van der Waals surface area contributed by atoms with Crippen LogP contribution < -0.4 is 0 Å². The molecule has 0 aromatic heterocycles. The SMILES string of the molecule is C=C(C)C(=O)OCCCCCCCCCCC[N+](C)(C)C/C(C)=C/C=C\C. The zero-order valence-electron chi connectivity index (χ0n) is 18.7. The Morgan fingerprint density at radius 2 is 1.44 bits per heavy atom. The lowest BCUT2D eigenvalue weighted by Gasteiger charge is -2.30. The number of likely N-dealkylation sites (N-methyl/N-ethyl adjacent to an activating group) is 1. The minimum atomic E-state index is -0.263. The minimum absolute atomic E-state index is 0.263. The summed E-state index contributed by atoms with van der Waals surface area (Å²) in [6.45, 7) is 12.5. The highest BCUT2D eigenvalue weighted by atomic mass is 16.5. The quantitative estimate of drug-likeness (QED) is 0.105. The van der Waals surface area contributed by atoms with E-state index in [1.165, 1.54) is 57.1 Å². The normalized spacial score (nSPS) is 12.6. The molecule has 156 valence electrons. The number of carbonyl (C=O) groups is 1. The van der Waals surface area contributed by atoms with Gasteiger partial charge in [0.05, 0.1) is 33.8 Å². The summed E-state index contributed by atoms with van der Waals surface area (Å²) in [4.78, 5) is 11.2. The summed E-state index contributed by atoms with van der Waals surface area (Å²) < 4.78 is 6.18. The van der Waals surface area contributed by atoms with Crippen molar-refractivity contribution in [2.75, 3.05) is 33.8 Å². The number of hydrogen-bond acceptors (Lipinski definition) is 2. The third-order valence-electron chi connectivity index (χ3n) is 4.74. The highest BCUT2D eigenvalue weighted by molar-refractivity contribution is 5.86. The van der Waals surface area contributed by atoms with Crippen molar-refractivity contribution in [1.82, 2.24) is 0 Å². The third kappa shape index (κ3) is 16.5. The van der Waals surface area contributed by atoms with Crippen LogP contribution in [0.5, 0.6) is 0 Å². The number of quaternary nitrogens is 1. The van der Waals surface area contributed by atoms with Gasteiger partial charge in [-0.15, -0.1) is 0 Å². The van der Waals surface area contributed by atoms with Crippen molar-refractivity contribution in [3.63, 3.8) is 0 Å². The van der Waals surface area contributed by atoms with E-state index in [1.807, 2.05) is 0 Å². The molecule has 0 rings (SSSR count). The van der Waals surface area contributed by atoms with Crippen LogP contribution in [0.4, 0.5) is 0 Å². The van der Waals surface area contributed by atoms with Crippen LogP contribution in [-0.2, 0) is 9.53 Å². The van der Waals surface area contributed by atoms with Gasteiger partial charge in [0.25, 0.3) is 0 Å². The van der Waals surface area contributed by atoms with Gasteiger partial charge in [-0.25, -0.2) is 4.79 Å². The Balaban J connectivity index is 3.51. The van der Waals surface area contributed by atoms with Crippen LogP contribution in [0.2, 0.25) is 0 Å². The number of hydrogen-bond donors (Lipinski definition) is 0. The van der Waals surface area contributed by atoms with Crippen LogP contribution in [0.3, 0.4) is 0 Å². The zero-order valence-corrected chi connectivity index (χ0v) is 18.7. The van der Waals surface area contributed by atoms with Crippen molar-refractivity contribution in [3.8, 4) is 0 Å². The second-order valence-corrected chi connectivity index (χ2v) is 8.45. The summed E-state index contributed by atoms with van der Waals surface area (Å²) in [6, 6.07) is 0. The molecular formula is C24H44NO2+. The molecule has 0 amide bonds. The van der Waals surface area contributed by atoms with Gasteiger partial charge in [-0.3, -0.25) is 0 Å². The maximum Gasteiger partial charge on any atom is 0.333 e. The van der Waals surface area contributed by atoms with E-state index in [9.17, 15) is 4.79 Å². The molecule has 0 unspecified atom stereocenters. The Morgan fingerprint density at radius 3 is 1.96 bits per heavy atom. The third-order valence-corrected chi connectivity index (χ3v) is 4.74. The molecule has 0 saturated heterocycles. The minimum Gasteiger partial charge on any atom is -0.462 e. The van der Waals surface area contributed by atoms with Gasteiger partial charge in [0, 0.05) is 5.57 Å². The van der Waals surface area contributed by atoms with E-state index in [2.05, 4.69) is 52.7 Å². The summed E-state index contributed by atoms with van der Waals surface area (Å²) in [6.07, 6.45) is 17.8. The van der Waals surface area contributed by atoms with Gasteiger partial charge in [0.15, 0.2) is 0 Å². The molecule has 0 N–H and O–H groups in total. The summed E-state index contributed by atoms with van der Waals surface area (Å²) in [5, 5.41) is 0. The van der Waals surface area contributed by atoms with Gasteiger partial charge in [-0.1, -0.05) is 63.3 Å². The van der Waals surface area contributed by atoms with Gasteiger partial charge in [0.1, 0.15) is 0 Å². The molecule has 0 aromatic rings. The number of esters is 1. The maximum atomic E-state index is 11.2. The number of carbonyl (C=O) groups excluding carboxylic acids is 1. The van der Waals surface area contributed by atoms with E-state index in [4.69, 9.17) is 4.74 Å². The van der Waals surface area contributed by atoms with Gasteiger partial charge in [-0.05, 0) is 45.6 Å². The molecule has 0 aliphatic rings. The van der Waals surface area contributed by atoms with Gasteiger partial charge >= 0.3 is 5.97 Å². The first-order valence-corrected chi connectivity index (χ1v) is 10.7. The Bertz CT molecular complexity index is 475. The van der Waals surface area contributed by atoms with Crippen molar-refractivity contribution in [1.29, 1.82) is 0 Å². The highest BCUT2D eigenvalue weighted by Gasteiger charge is 2.14. The number of unbranched alkanes of at least 4 members (excludes halogenated alkanes) is 8. The van der Waals surface area contributed by atoms with E-state index in [-0.39, 0.29) is 5.97 Å². The van der Waals surface area contributed by atoms with Crippen LogP contribution in [0.1, 0.15) is 78.6 Å². The lowest BCUT2D eigenvalue weighted by molar-refractivity contribution is -0.885. The van der Waals surface area contributed by atoms with Crippen molar-refractivity contribution in [3.05, 3.63) is 36.0 Å². The molecule has 0 radical (unpaired) electrons. The summed E-state index contributed by atoms with van der Waals surface area (Å²) in [5.41, 5.74) is 1.94. The van der Waals surface area contributed by atoms with Crippen molar-refractivity contribution in [2.45, 2.75) is 78.6 Å². The van der Waals surface area contributed by atoms with Crippen molar-refractivity contribution in [2.24, 2.45) is 0 Å². The highest BCUT2D eigenvalue weighted by Crippen LogP contribution is 2.12. The van der Waals surface area contributed by atoms with Crippen LogP contribution in [0, 0.1) is 0 Å². The summed E-state index contributed by atoms with van der Waals surface area (Å²) in [5.74, 6) is -0.263. The molecule has 0 aliphatic heterocycles. The average Bonchev–Trinajstić information content (AvgIpc) is 2.60. The van der Waals surface area contributed by atoms with Crippen LogP contribution in [0.25, 0.3) is 0 Å². The van der Waals surface area contributed by atoms with Crippen molar-refractivity contribution >= 4 is 5.97 Å². The predicted octanol–water partition coefficient (Wildman–Crippen LogP) is 6.22. The molecule has 0 spiro atoms. The van der Waals surface area contributed by atoms with Gasteiger partial charge < -0.3 is 9.22 Å². The fraction of sp³-hybridized carbons (Fsp3) is 0.708. The average molecular weight is 379 g/mol. The lowest BCUT2D eigenvalue weighted by Crippen LogP contribution is -2.41. The molecule has 0 atom stereocenters. The Morgan fingerprint density at radius 1 is 0.926 bits per heavy atom. The Labute approximate surface area is 168 Å². The maximum absolute atomic E-state index is 11.2. The van der Waals surface area contributed by atoms with Crippen LogP contribution >= 0.6 is 0 Å². The molecule has 0 heterocycles. The van der Waals surface area contributed by atoms with E-state index in [1.54, 1.807) is 6.92 Å². The smallest absolute Gasteiger partial charge is 0.333 e. The number of allylic oxidation sites excluding steroid dienone is 3. The molecule has 0 fully saturated rings. The zero-order chi connectivity index (χ0) is 20.5. The fourth-order valence-electron chi connectivity index (χ4n) is 3.23. The van der Waals surface area contributed by atoms with E-state index >= 15 is 0 Å². The fourth-order valence-corrected chi connectivity index (χ4v) is 3.23. The van der Waals surface area contributed by atoms with E-state index < -0.39 is 0 Å². The second-order valence-electron chi connectivity index (χ2n) is 8.45. The molecular weight excluding hydrogens is 334 g/mol. The first kappa shape index (κ1) is 25.6. The molecule has 27 heavy (non-hydrogen) atoms. The Hall–Kier alpha value is -1.35. The molecule has 3 nitrogen and oxygen atoms in total. The number of ether oxygens (including phenoxy) is 1. The standard InChI is InChI=1S/C24H44NO2/c1-7-8-18-23(4)21-25(5,6)19-16-14-12-10-9-11-13-15-17-20-27-24(26)22(2)3/h7-8,18H,2,9-17,19-21H2,1,3-6H3/q+1/b8-7-,23-18+. The lowest BCUT2D eigenvalue weighted by atomic mass is 10.1. The van der Waals surface area contributed by atoms with Gasteiger partial charge in [-0.2, -0.15) is 0 Å². The van der Waals surface area contributed by atoms with E-state index in [0.29, 0.717) is 12.2 Å². The van der Waals surface area contributed by atoms with Crippen LogP contribution in [-0.4, -0.2) is 44.2 Å². The molecule has 0 saturated carbocycles. The molecule has 3 heteroatoms. The molecule has 0 aromatic carbocycles. The summed E-state index contributed by atoms with van der Waals surface area (Å²) in [7, 11) is 4.67. The van der Waals surface area contributed by atoms with Gasteiger partial charge in [0.2, 0.25) is 0 Å². The van der Waals surface area contributed by atoms with Crippen molar-refractivity contribution < 1.29 is 14.0 Å². The first-order chi connectivity index (χ1) is 12.8. The largest absolute Gasteiger partial charge is 0.462 e. The first-order valence-electron chi connectivity index (χ1n) is 10.7. The Kier molecular flexibility index (Phi) is 14.9. The van der Waals surface area contributed by atoms with Crippen LogP contribution in [0.15, 0.2) is 36.0 Å². The molecule has 0 aliphatic carbocycles. The number of nitrogens with zero attached hydrogens (tertiary/aromatic N) is 1. The predicted molar refractivity (Wildman–Crippen MR) is 118 cm³/mol. The summed E-state index contributed by atoms with van der Waals surface area (Å²) >= 11 is 0. The second kappa shape index (κ2) is 15.7. The monoisotopic (exact) mass is 378 g/mol. The van der Waals surface area contributed by atoms with E-state index in [0.717, 1.165) is 23.9 Å².